The Morgan fingerprint density at radius 2 is 0.793 bits per heavy atom. The van der Waals surface area contributed by atoms with Gasteiger partial charge in [-0.2, -0.15) is 0 Å². The summed E-state index contributed by atoms with van der Waals surface area (Å²) < 4.78 is 2.41. The van der Waals surface area contributed by atoms with Crippen molar-refractivity contribution in [2.24, 2.45) is 0 Å². The van der Waals surface area contributed by atoms with Gasteiger partial charge in [0.2, 0.25) is 0 Å². The van der Waals surface area contributed by atoms with Crippen molar-refractivity contribution in [2.45, 2.75) is 0 Å². The summed E-state index contributed by atoms with van der Waals surface area (Å²) in [7, 11) is 0. The molecule has 2 heteroatoms. The van der Waals surface area contributed by atoms with Crippen molar-refractivity contribution in [3.8, 4) is 39.1 Å². The molecule has 0 saturated heterocycles. The van der Waals surface area contributed by atoms with Crippen LogP contribution in [-0.2, 0) is 0 Å². The van der Waals surface area contributed by atoms with Gasteiger partial charge in [0.05, 0.1) is 16.7 Å². The fraction of sp³-hybridized carbons (Fsp3) is 0. The van der Waals surface area contributed by atoms with Crippen molar-refractivity contribution in [1.82, 2.24) is 4.57 Å². The van der Waals surface area contributed by atoms with Crippen molar-refractivity contribution < 1.29 is 0 Å². The number of para-hydroxylation sites is 2. The van der Waals surface area contributed by atoms with Crippen molar-refractivity contribution in [3.05, 3.63) is 231 Å². The van der Waals surface area contributed by atoms with Gasteiger partial charge in [-0.3, -0.25) is 0 Å². The number of nitrogens with zero attached hydrogens (tertiary/aromatic N) is 2. The molecule has 11 rings (SSSR count). The van der Waals surface area contributed by atoms with E-state index in [9.17, 15) is 0 Å². The third-order valence-electron chi connectivity index (χ3n) is 11.6. The van der Waals surface area contributed by atoms with E-state index in [1.54, 1.807) is 0 Å². The molecule has 2 nitrogen and oxygen atoms in total. The van der Waals surface area contributed by atoms with E-state index in [0.717, 1.165) is 22.7 Å². The molecule has 0 bridgehead atoms. The largest absolute Gasteiger partial charge is 0.310 e. The standard InChI is InChI=1S/C56H38N2/c1-3-13-39(14-4-1)40-23-25-41(26-24-40)42-27-31-47(32-28-42)57(46-17-5-2-6-18-46)55-36-35-49(50-19-9-10-20-51(50)55)43-29-33-48(34-30-43)58-54-22-12-11-21-52(54)53-37-44-15-7-8-16-45(44)38-56(53)58/h1-38H. The summed E-state index contributed by atoms with van der Waals surface area (Å²) in [4.78, 5) is 2.38. The molecule has 58 heavy (non-hydrogen) atoms. The number of anilines is 3. The molecule has 0 unspecified atom stereocenters. The first-order valence-corrected chi connectivity index (χ1v) is 19.9. The molecule has 0 radical (unpaired) electrons. The predicted molar refractivity (Wildman–Crippen MR) is 247 cm³/mol. The Morgan fingerprint density at radius 1 is 0.293 bits per heavy atom. The summed E-state index contributed by atoms with van der Waals surface area (Å²) in [6.45, 7) is 0. The van der Waals surface area contributed by atoms with E-state index in [-0.39, 0.29) is 0 Å². The summed E-state index contributed by atoms with van der Waals surface area (Å²) >= 11 is 0. The van der Waals surface area contributed by atoms with Gasteiger partial charge in [-0.05, 0) is 110 Å². The summed E-state index contributed by atoms with van der Waals surface area (Å²) in [5.74, 6) is 0. The van der Waals surface area contributed by atoms with Crippen LogP contribution in [-0.4, -0.2) is 4.57 Å². The second-order valence-electron chi connectivity index (χ2n) is 15.0. The van der Waals surface area contributed by atoms with Gasteiger partial charge in [0.25, 0.3) is 0 Å². The highest BCUT2D eigenvalue weighted by Crippen LogP contribution is 2.43. The second kappa shape index (κ2) is 14.1. The average molecular weight is 739 g/mol. The molecule has 1 aromatic heterocycles. The van der Waals surface area contributed by atoms with Crippen LogP contribution >= 0.6 is 0 Å². The SMILES string of the molecule is c1ccc(-c2ccc(-c3ccc(N(c4ccccc4)c4ccc(-c5ccc(-n6c7ccccc7c7cc8ccccc8cc76)cc5)c5ccccc45)cc3)cc2)cc1. The highest BCUT2D eigenvalue weighted by molar-refractivity contribution is 6.13. The summed E-state index contributed by atoms with van der Waals surface area (Å²) in [5, 5.41) is 7.46. The number of hydrogen-bond donors (Lipinski definition) is 0. The second-order valence-corrected chi connectivity index (χ2v) is 15.0. The van der Waals surface area contributed by atoms with Crippen molar-refractivity contribution >= 4 is 60.4 Å². The van der Waals surface area contributed by atoms with Gasteiger partial charge in [-0.25, -0.2) is 0 Å². The van der Waals surface area contributed by atoms with E-state index < -0.39 is 0 Å². The lowest BCUT2D eigenvalue weighted by molar-refractivity contribution is 1.18. The molecule has 0 amide bonds. The Kier molecular flexibility index (Phi) is 8.19. The number of benzene rings is 10. The Labute approximate surface area is 338 Å². The molecule has 0 aliphatic carbocycles. The Hall–Kier alpha value is -7.68. The highest BCUT2D eigenvalue weighted by atomic mass is 15.1. The molecule has 0 spiro atoms. The van der Waals surface area contributed by atoms with Crippen LogP contribution in [0.15, 0.2) is 231 Å². The molecule has 0 saturated carbocycles. The number of aromatic nitrogens is 1. The molecule has 0 aliphatic heterocycles. The summed E-state index contributed by atoms with van der Waals surface area (Å²) in [6.07, 6.45) is 0. The summed E-state index contributed by atoms with van der Waals surface area (Å²) in [6, 6.07) is 83.6. The lowest BCUT2D eigenvalue weighted by Crippen LogP contribution is -2.10. The minimum Gasteiger partial charge on any atom is -0.310 e. The van der Waals surface area contributed by atoms with Gasteiger partial charge in [0, 0.05) is 33.2 Å². The van der Waals surface area contributed by atoms with Gasteiger partial charge in [-0.15, -0.1) is 0 Å². The smallest absolute Gasteiger partial charge is 0.0547 e. The molecule has 0 fully saturated rings. The van der Waals surface area contributed by atoms with Crippen LogP contribution < -0.4 is 4.90 Å². The van der Waals surface area contributed by atoms with E-state index >= 15 is 0 Å². The van der Waals surface area contributed by atoms with Crippen LogP contribution in [0.3, 0.4) is 0 Å². The zero-order valence-electron chi connectivity index (χ0n) is 31.8. The van der Waals surface area contributed by atoms with Crippen LogP contribution in [0.1, 0.15) is 0 Å². The fourth-order valence-corrected chi connectivity index (χ4v) is 8.75. The first-order chi connectivity index (χ1) is 28.8. The van der Waals surface area contributed by atoms with E-state index in [4.69, 9.17) is 0 Å². The Bertz CT molecular complexity index is 3230. The van der Waals surface area contributed by atoms with E-state index in [1.807, 2.05) is 0 Å². The van der Waals surface area contributed by atoms with Gasteiger partial charge < -0.3 is 9.47 Å². The molecule has 10 aromatic carbocycles. The maximum atomic E-state index is 2.41. The first kappa shape index (κ1) is 33.6. The zero-order chi connectivity index (χ0) is 38.4. The van der Waals surface area contributed by atoms with E-state index in [1.165, 1.54) is 76.7 Å². The van der Waals surface area contributed by atoms with E-state index in [0.29, 0.717) is 0 Å². The first-order valence-electron chi connectivity index (χ1n) is 19.9. The molecular weight excluding hydrogens is 701 g/mol. The predicted octanol–water partition coefficient (Wildman–Crippen LogP) is 15.6. The van der Waals surface area contributed by atoms with Crippen molar-refractivity contribution in [2.75, 3.05) is 4.90 Å². The van der Waals surface area contributed by atoms with Gasteiger partial charge >= 0.3 is 0 Å². The van der Waals surface area contributed by atoms with Crippen LogP contribution in [0.2, 0.25) is 0 Å². The number of fused-ring (bicyclic) bond motifs is 5. The third kappa shape index (κ3) is 5.82. The normalized spacial score (nSPS) is 11.4. The van der Waals surface area contributed by atoms with Crippen LogP contribution in [0, 0.1) is 0 Å². The van der Waals surface area contributed by atoms with Gasteiger partial charge in [0.15, 0.2) is 0 Å². The van der Waals surface area contributed by atoms with Crippen molar-refractivity contribution in [1.29, 1.82) is 0 Å². The maximum absolute atomic E-state index is 2.41. The minimum absolute atomic E-state index is 1.11. The monoisotopic (exact) mass is 738 g/mol. The summed E-state index contributed by atoms with van der Waals surface area (Å²) in [5.41, 5.74) is 14.2. The van der Waals surface area contributed by atoms with Crippen molar-refractivity contribution in [3.63, 3.8) is 0 Å². The zero-order valence-corrected chi connectivity index (χ0v) is 31.8. The maximum Gasteiger partial charge on any atom is 0.0547 e. The lowest BCUT2D eigenvalue weighted by Gasteiger charge is -2.27. The van der Waals surface area contributed by atoms with Gasteiger partial charge in [-0.1, -0.05) is 170 Å². The molecule has 11 aromatic rings. The highest BCUT2D eigenvalue weighted by Gasteiger charge is 2.18. The quantitative estimate of drug-likeness (QED) is 0.158. The molecule has 0 N–H and O–H groups in total. The van der Waals surface area contributed by atoms with Gasteiger partial charge in [0.1, 0.15) is 0 Å². The molecule has 1 heterocycles. The molecule has 0 atom stereocenters. The van der Waals surface area contributed by atoms with Crippen LogP contribution in [0.4, 0.5) is 17.1 Å². The number of hydrogen-bond acceptors (Lipinski definition) is 1. The number of rotatable bonds is 7. The molecular formula is C56H38N2. The molecule has 0 aliphatic rings. The van der Waals surface area contributed by atoms with E-state index in [2.05, 4.69) is 240 Å². The fourth-order valence-electron chi connectivity index (χ4n) is 8.75. The van der Waals surface area contributed by atoms with Crippen LogP contribution in [0.5, 0.6) is 0 Å². The van der Waals surface area contributed by atoms with Crippen LogP contribution in [0.25, 0.3) is 82.4 Å². The molecule has 272 valence electrons. The average Bonchev–Trinajstić information content (AvgIpc) is 3.62. The Balaban J connectivity index is 0.971. The minimum atomic E-state index is 1.11. The lowest BCUT2D eigenvalue weighted by atomic mass is 9.96. The third-order valence-corrected chi connectivity index (χ3v) is 11.6. The topological polar surface area (TPSA) is 8.17 Å². The Morgan fingerprint density at radius 3 is 1.48 bits per heavy atom.